The summed E-state index contributed by atoms with van der Waals surface area (Å²) in [5.41, 5.74) is 0. The summed E-state index contributed by atoms with van der Waals surface area (Å²) in [7, 11) is 2.18. The normalized spacial score (nSPS) is 21.7. The maximum Gasteiger partial charge on any atom is 0.327 e. The van der Waals surface area contributed by atoms with E-state index in [0.717, 1.165) is 0 Å². The molecule has 0 atom stereocenters. The Labute approximate surface area is 83.5 Å². The lowest BCUT2D eigenvalue weighted by Crippen LogP contribution is -2.38. The fourth-order valence-electron chi connectivity index (χ4n) is 2.68. The SMILES string of the molecule is CO[SiH](OC)C1(C(C)C)CCCC1. The molecule has 0 heterocycles. The van der Waals surface area contributed by atoms with Gasteiger partial charge in [-0.25, -0.2) is 0 Å². The molecule has 1 saturated carbocycles. The average Bonchev–Trinajstić information content (AvgIpc) is 2.56. The average molecular weight is 202 g/mol. The predicted octanol–water partition coefficient (Wildman–Crippen LogP) is 2.47. The molecule has 78 valence electrons. The van der Waals surface area contributed by atoms with Gasteiger partial charge in [0.2, 0.25) is 0 Å². The fourth-order valence-corrected chi connectivity index (χ4v) is 5.24. The highest BCUT2D eigenvalue weighted by Crippen LogP contribution is 2.53. The van der Waals surface area contributed by atoms with Gasteiger partial charge in [0.15, 0.2) is 0 Å². The van der Waals surface area contributed by atoms with Crippen LogP contribution in [0.2, 0.25) is 5.04 Å². The van der Waals surface area contributed by atoms with Gasteiger partial charge in [0.05, 0.1) is 0 Å². The van der Waals surface area contributed by atoms with Crippen LogP contribution in [-0.4, -0.2) is 23.5 Å². The highest BCUT2D eigenvalue weighted by molar-refractivity contribution is 6.48. The fraction of sp³-hybridized carbons (Fsp3) is 1.00. The Kier molecular flexibility index (Phi) is 3.95. The van der Waals surface area contributed by atoms with E-state index < -0.39 is 9.28 Å². The van der Waals surface area contributed by atoms with Crippen LogP contribution in [0.5, 0.6) is 0 Å². The molecule has 13 heavy (non-hydrogen) atoms. The summed E-state index contributed by atoms with van der Waals surface area (Å²) in [5, 5.41) is 0.406. The molecule has 3 heteroatoms. The van der Waals surface area contributed by atoms with E-state index in [1.54, 1.807) is 0 Å². The molecule has 0 unspecified atom stereocenters. The van der Waals surface area contributed by atoms with E-state index in [1.165, 1.54) is 25.7 Å². The lowest BCUT2D eigenvalue weighted by Gasteiger charge is -2.37. The summed E-state index contributed by atoms with van der Waals surface area (Å²) < 4.78 is 11.1. The molecule has 0 aliphatic heterocycles. The minimum atomic E-state index is -1.44. The van der Waals surface area contributed by atoms with Crippen LogP contribution in [0.4, 0.5) is 0 Å². The van der Waals surface area contributed by atoms with E-state index in [0.29, 0.717) is 11.0 Å². The largest absolute Gasteiger partial charge is 0.400 e. The Hall–Kier alpha value is 0.137. The number of hydrogen-bond acceptors (Lipinski definition) is 2. The van der Waals surface area contributed by atoms with Crippen LogP contribution in [0.1, 0.15) is 39.5 Å². The van der Waals surface area contributed by atoms with Crippen molar-refractivity contribution in [3.63, 3.8) is 0 Å². The Morgan fingerprint density at radius 3 is 1.85 bits per heavy atom. The summed E-state index contributed by atoms with van der Waals surface area (Å²) >= 11 is 0. The zero-order valence-electron chi connectivity index (χ0n) is 9.30. The second-order valence-electron chi connectivity index (χ2n) is 4.40. The molecule has 2 nitrogen and oxygen atoms in total. The summed E-state index contributed by atoms with van der Waals surface area (Å²) in [6.07, 6.45) is 5.33. The topological polar surface area (TPSA) is 18.5 Å². The molecule has 0 N–H and O–H groups in total. The Bertz CT molecular complexity index is 149. The Morgan fingerprint density at radius 2 is 1.54 bits per heavy atom. The molecule has 0 amide bonds. The maximum atomic E-state index is 5.56. The molecular formula is C10H22O2Si. The molecule has 1 aliphatic rings. The van der Waals surface area contributed by atoms with E-state index >= 15 is 0 Å². The van der Waals surface area contributed by atoms with Crippen molar-refractivity contribution in [2.75, 3.05) is 14.2 Å². The van der Waals surface area contributed by atoms with Crippen LogP contribution in [0.3, 0.4) is 0 Å². The molecule has 0 radical (unpaired) electrons. The van der Waals surface area contributed by atoms with Crippen molar-refractivity contribution in [1.82, 2.24) is 0 Å². The number of rotatable bonds is 4. The van der Waals surface area contributed by atoms with Gasteiger partial charge in [0.1, 0.15) is 0 Å². The standard InChI is InChI=1S/C10H22O2Si/c1-9(2)10(7-5-6-8-10)13(11-3)12-4/h9,13H,5-8H2,1-4H3. The van der Waals surface area contributed by atoms with Crippen molar-refractivity contribution in [3.05, 3.63) is 0 Å². The Balaban J connectivity index is 2.76. The van der Waals surface area contributed by atoms with Gasteiger partial charge in [-0.2, -0.15) is 0 Å². The van der Waals surface area contributed by atoms with Crippen LogP contribution < -0.4 is 0 Å². The van der Waals surface area contributed by atoms with Gasteiger partial charge in [-0.15, -0.1) is 0 Å². The monoisotopic (exact) mass is 202 g/mol. The van der Waals surface area contributed by atoms with Gasteiger partial charge in [0, 0.05) is 19.3 Å². The highest BCUT2D eigenvalue weighted by atomic mass is 28.3. The predicted molar refractivity (Wildman–Crippen MR) is 57.2 cm³/mol. The van der Waals surface area contributed by atoms with E-state index in [9.17, 15) is 0 Å². The molecule has 0 saturated heterocycles. The van der Waals surface area contributed by atoms with E-state index in [2.05, 4.69) is 13.8 Å². The molecule has 1 rings (SSSR count). The summed E-state index contributed by atoms with van der Waals surface area (Å²) in [4.78, 5) is 0. The molecule has 1 aliphatic carbocycles. The van der Waals surface area contributed by atoms with E-state index in [1.807, 2.05) is 14.2 Å². The molecule has 0 bridgehead atoms. The third-order valence-electron chi connectivity index (χ3n) is 3.58. The first-order valence-corrected chi connectivity index (χ1v) is 6.75. The van der Waals surface area contributed by atoms with Gasteiger partial charge >= 0.3 is 9.28 Å². The van der Waals surface area contributed by atoms with Crippen LogP contribution in [-0.2, 0) is 8.85 Å². The van der Waals surface area contributed by atoms with Crippen LogP contribution in [0.15, 0.2) is 0 Å². The van der Waals surface area contributed by atoms with Gasteiger partial charge in [-0.3, -0.25) is 0 Å². The first-order chi connectivity index (χ1) is 6.17. The third-order valence-corrected chi connectivity index (χ3v) is 6.62. The highest BCUT2D eigenvalue weighted by Gasteiger charge is 2.46. The van der Waals surface area contributed by atoms with Crippen LogP contribution in [0.25, 0.3) is 0 Å². The van der Waals surface area contributed by atoms with Crippen molar-refractivity contribution in [1.29, 1.82) is 0 Å². The molecule has 0 spiro atoms. The molecule has 0 aromatic rings. The smallest absolute Gasteiger partial charge is 0.327 e. The van der Waals surface area contributed by atoms with E-state index in [4.69, 9.17) is 8.85 Å². The first kappa shape index (κ1) is 11.2. The quantitative estimate of drug-likeness (QED) is 0.652. The minimum Gasteiger partial charge on any atom is -0.400 e. The van der Waals surface area contributed by atoms with Gasteiger partial charge < -0.3 is 8.85 Å². The first-order valence-electron chi connectivity index (χ1n) is 5.23. The summed E-state index contributed by atoms with van der Waals surface area (Å²) in [5.74, 6) is 0.701. The zero-order valence-corrected chi connectivity index (χ0v) is 10.5. The minimum absolute atomic E-state index is 0.406. The molecule has 1 fully saturated rings. The maximum absolute atomic E-state index is 5.56. The third kappa shape index (κ3) is 1.97. The van der Waals surface area contributed by atoms with Gasteiger partial charge in [-0.05, 0) is 18.8 Å². The molecule has 0 aromatic carbocycles. The van der Waals surface area contributed by atoms with Gasteiger partial charge in [0.25, 0.3) is 0 Å². The van der Waals surface area contributed by atoms with Crippen molar-refractivity contribution in [2.24, 2.45) is 5.92 Å². The van der Waals surface area contributed by atoms with Crippen molar-refractivity contribution < 1.29 is 8.85 Å². The second kappa shape index (κ2) is 4.58. The summed E-state index contributed by atoms with van der Waals surface area (Å²) in [6.45, 7) is 4.62. The van der Waals surface area contributed by atoms with Crippen molar-refractivity contribution >= 4 is 9.28 Å². The van der Waals surface area contributed by atoms with Crippen LogP contribution >= 0.6 is 0 Å². The summed E-state index contributed by atoms with van der Waals surface area (Å²) in [6, 6.07) is 0. The van der Waals surface area contributed by atoms with Crippen molar-refractivity contribution in [2.45, 2.75) is 44.6 Å². The van der Waals surface area contributed by atoms with Crippen molar-refractivity contribution in [3.8, 4) is 0 Å². The second-order valence-corrected chi connectivity index (χ2v) is 7.15. The molecular weight excluding hydrogens is 180 g/mol. The lowest BCUT2D eigenvalue weighted by molar-refractivity contribution is 0.213. The molecule has 0 aromatic heterocycles. The van der Waals surface area contributed by atoms with Gasteiger partial charge in [-0.1, -0.05) is 26.7 Å². The lowest BCUT2D eigenvalue weighted by atomic mass is 9.93. The van der Waals surface area contributed by atoms with Crippen LogP contribution in [0, 0.1) is 5.92 Å². The zero-order chi connectivity index (χ0) is 9.90. The number of hydrogen-bond donors (Lipinski definition) is 0. The Morgan fingerprint density at radius 1 is 1.08 bits per heavy atom. The van der Waals surface area contributed by atoms with E-state index in [-0.39, 0.29) is 0 Å².